The lowest BCUT2D eigenvalue weighted by atomic mass is 10.1. The largest absolute Gasteiger partial charge is 0.475 e. The van der Waals surface area contributed by atoms with E-state index in [1.54, 1.807) is 12.1 Å². The number of carbonyl (C=O) groups is 2. The number of hydrogen-bond donors (Lipinski definition) is 2. The third-order valence-corrected chi connectivity index (χ3v) is 3.22. The number of nitrogens with one attached hydrogen (secondary N) is 1. The van der Waals surface area contributed by atoms with Crippen molar-refractivity contribution < 1.29 is 24.0 Å². The number of nitro benzene ring substituents is 1. The Morgan fingerprint density at radius 1 is 1.25 bits per heavy atom. The lowest BCUT2D eigenvalue weighted by molar-refractivity contribution is -0.384. The van der Waals surface area contributed by atoms with Crippen LogP contribution in [-0.4, -0.2) is 26.9 Å². The number of rotatable bonds is 4. The summed E-state index contributed by atoms with van der Waals surface area (Å²) in [6, 6.07) is 8.18. The summed E-state index contributed by atoms with van der Waals surface area (Å²) in [7, 11) is 0. The average Bonchev–Trinajstić information content (AvgIpc) is 2.94. The molecule has 2 heterocycles. The van der Waals surface area contributed by atoms with E-state index in [9.17, 15) is 24.8 Å². The van der Waals surface area contributed by atoms with E-state index in [0.29, 0.717) is 5.39 Å². The fourth-order valence-electron chi connectivity index (χ4n) is 2.15. The molecule has 1 aromatic carbocycles. The molecule has 0 radical (unpaired) electrons. The van der Waals surface area contributed by atoms with Crippen molar-refractivity contribution in [1.29, 1.82) is 0 Å². The van der Waals surface area contributed by atoms with Gasteiger partial charge in [0.05, 0.1) is 10.3 Å². The van der Waals surface area contributed by atoms with Crippen LogP contribution in [0.3, 0.4) is 0 Å². The summed E-state index contributed by atoms with van der Waals surface area (Å²) in [6.07, 6.45) is 1.42. The SMILES string of the molecule is O=C(Nc1c(C(=O)O)oc2ncccc12)c1cccc([N+](=O)[O-])c1. The van der Waals surface area contributed by atoms with Gasteiger partial charge in [0.1, 0.15) is 5.69 Å². The fraction of sp³-hybridized carbons (Fsp3) is 0. The number of carboxylic acid groups (broad SMARTS) is 1. The Kier molecular flexibility index (Phi) is 3.66. The van der Waals surface area contributed by atoms with Crippen LogP contribution in [0, 0.1) is 10.1 Å². The number of carbonyl (C=O) groups excluding carboxylic acids is 1. The highest BCUT2D eigenvalue weighted by Gasteiger charge is 2.23. The van der Waals surface area contributed by atoms with Gasteiger partial charge in [0, 0.05) is 23.9 Å². The van der Waals surface area contributed by atoms with Crippen molar-refractivity contribution >= 4 is 34.4 Å². The molecule has 0 aliphatic heterocycles. The molecule has 0 unspecified atom stereocenters. The highest BCUT2D eigenvalue weighted by Crippen LogP contribution is 2.30. The Morgan fingerprint density at radius 3 is 2.75 bits per heavy atom. The molecule has 120 valence electrons. The van der Waals surface area contributed by atoms with Gasteiger partial charge >= 0.3 is 5.97 Å². The van der Waals surface area contributed by atoms with Crippen LogP contribution in [0.25, 0.3) is 11.1 Å². The molecule has 0 spiro atoms. The van der Waals surface area contributed by atoms with E-state index in [1.165, 1.54) is 24.4 Å². The quantitative estimate of drug-likeness (QED) is 0.555. The normalized spacial score (nSPS) is 10.5. The van der Waals surface area contributed by atoms with Crippen molar-refractivity contribution in [2.75, 3.05) is 5.32 Å². The Balaban J connectivity index is 2.02. The number of anilines is 1. The Labute approximate surface area is 133 Å². The molecule has 0 atom stereocenters. The molecule has 1 amide bonds. The first-order valence-electron chi connectivity index (χ1n) is 6.64. The van der Waals surface area contributed by atoms with E-state index in [1.807, 2.05) is 0 Å². The van der Waals surface area contributed by atoms with Crippen molar-refractivity contribution in [3.8, 4) is 0 Å². The number of aromatic carboxylic acids is 1. The monoisotopic (exact) mass is 327 g/mol. The van der Waals surface area contributed by atoms with Crippen LogP contribution in [0.5, 0.6) is 0 Å². The minimum atomic E-state index is -1.37. The average molecular weight is 327 g/mol. The van der Waals surface area contributed by atoms with Gasteiger partial charge in [-0.1, -0.05) is 6.07 Å². The van der Waals surface area contributed by atoms with Gasteiger partial charge in [0.25, 0.3) is 11.6 Å². The number of amides is 1. The molecular formula is C15H9N3O6. The molecule has 0 aliphatic rings. The van der Waals surface area contributed by atoms with Crippen LogP contribution in [0.1, 0.15) is 20.9 Å². The number of carboxylic acids is 1. The maximum Gasteiger partial charge on any atom is 0.374 e. The molecule has 2 N–H and O–H groups in total. The number of nitro groups is 1. The van der Waals surface area contributed by atoms with Gasteiger partial charge in [-0.15, -0.1) is 0 Å². The van der Waals surface area contributed by atoms with Gasteiger partial charge in [0.15, 0.2) is 0 Å². The first-order chi connectivity index (χ1) is 11.5. The van der Waals surface area contributed by atoms with E-state index >= 15 is 0 Å². The van der Waals surface area contributed by atoms with Crippen molar-refractivity contribution in [2.24, 2.45) is 0 Å². The first kappa shape index (κ1) is 15.2. The minimum absolute atomic E-state index is 0.0128. The summed E-state index contributed by atoms with van der Waals surface area (Å²) in [4.78, 5) is 37.7. The van der Waals surface area contributed by atoms with Gasteiger partial charge in [-0.3, -0.25) is 14.9 Å². The molecule has 0 bridgehead atoms. The van der Waals surface area contributed by atoms with Crippen molar-refractivity contribution in [1.82, 2.24) is 4.98 Å². The molecule has 24 heavy (non-hydrogen) atoms. The van der Waals surface area contributed by atoms with E-state index in [2.05, 4.69) is 10.3 Å². The molecule has 0 aliphatic carbocycles. The summed E-state index contributed by atoms with van der Waals surface area (Å²) in [5.41, 5.74) is -0.232. The number of hydrogen-bond acceptors (Lipinski definition) is 6. The van der Waals surface area contributed by atoms with Crippen LogP contribution in [0.15, 0.2) is 47.0 Å². The number of nitrogens with zero attached hydrogens (tertiary/aromatic N) is 2. The Hall–Kier alpha value is -3.75. The molecule has 3 rings (SSSR count). The van der Waals surface area contributed by atoms with Crippen LogP contribution in [0.2, 0.25) is 0 Å². The maximum atomic E-state index is 12.3. The molecule has 0 saturated carbocycles. The number of pyridine rings is 1. The molecule has 3 aromatic rings. The lowest BCUT2D eigenvalue weighted by Gasteiger charge is -2.04. The van der Waals surface area contributed by atoms with Gasteiger partial charge in [-0.2, -0.15) is 0 Å². The summed E-state index contributed by atoms with van der Waals surface area (Å²) >= 11 is 0. The van der Waals surface area contributed by atoms with Gasteiger partial charge in [-0.05, 0) is 18.2 Å². The number of aromatic nitrogens is 1. The first-order valence-corrected chi connectivity index (χ1v) is 6.64. The van der Waals surface area contributed by atoms with E-state index in [4.69, 9.17) is 4.42 Å². The number of fused-ring (bicyclic) bond motifs is 1. The second-order valence-electron chi connectivity index (χ2n) is 4.73. The topological polar surface area (TPSA) is 136 Å². The highest BCUT2D eigenvalue weighted by atomic mass is 16.6. The summed E-state index contributed by atoms with van der Waals surface area (Å²) in [5, 5.41) is 22.7. The van der Waals surface area contributed by atoms with Crippen molar-refractivity contribution in [2.45, 2.75) is 0 Å². The summed E-state index contributed by atoms with van der Waals surface area (Å²) < 4.78 is 5.13. The minimum Gasteiger partial charge on any atom is -0.475 e. The number of non-ortho nitro benzene ring substituents is 1. The van der Waals surface area contributed by atoms with Gasteiger partial charge < -0.3 is 14.8 Å². The Morgan fingerprint density at radius 2 is 2.04 bits per heavy atom. The predicted molar refractivity (Wildman–Crippen MR) is 82.0 cm³/mol. The zero-order valence-corrected chi connectivity index (χ0v) is 11.9. The van der Waals surface area contributed by atoms with Gasteiger partial charge in [-0.25, -0.2) is 9.78 Å². The third kappa shape index (κ3) is 2.65. The van der Waals surface area contributed by atoms with Crippen LogP contribution >= 0.6 is 0 Å². The number of benzene rings is 1. The highest BCUT2D eigenvalue weighted by molar-refractivity contribution is 6.12. The number of furan rings is 1. The summed E-state index contributed by atoms with van der Waals surface area (Å²) in [5.74, 6) is -2.54. The second-order valence-corrected chi connectivity index (χ2v) is 4.73. The molecule has 0 saturated heterocycles. The molecule has 0 fully saturated rings. The Bertz CT molecular complexity index is 978. The van der Waals surface area contributed by atoms with Gasteiger partial charge in [0.2, 0.25) is 11.5 Å². The molecule has 9 heteroatoms. The van der Waals surface area contributed by atoms with Crippen molar-refractivity contribution in [3.63, 3.8) is 0 Å². The third-order valence-electron chi connectivity index (χ3n) is 3.22. The molecule has 9 nitrogen and oxygen atoms in total. The van der Waals surface area contributed by atoms with Crippen molar-refractivity contribution in [3.05, 3.63) is 64.0 Å². The van der Waals surface area contributed by atoms with E-state index < -0.39 is 22.6 Å². The van der Waals surface area contributed by atoms with E-state index in [0.717, 1.165) is 6.07 Å². The summed E-state index contributed by atoms with van der Waals surface area (Å²) in [6.45, 7) is 0. The van der Waals surface area contributed by atoms with E-state index in [-0.39, 0.29) is 22.7 Å². The molecule has 2 aromatic heterocycles. The lowest BCUT2D eigenvalue weighted by Crippen LogP contribution is -2.14. The second kappa shape index (κ2) is 5.80. The zero-order valence-electron chi connectivity index (χ0n) is 11.9. The zero-order chi connectivity index (χ0) is 17.3. The maximum absolute atomic E-state index is 12.3. The smallest absolute Gasteiger partial charge is 0.374 e. The predicted octanol–water partition coefficient (Wildman–Crippen LogP) is 2.69. The van der Waals surface area contributed by atoms with Crippen LogP contribution in [-0.2, 0) is 0 Å². The fourth-order valence-corrected chi connectivity index (χ4v) is 2.15. The standard InChI is InChI=1S/C15H9N3O6/c19-13(8-3-1-4-9(7-8)18(22)23)17-11-10-5-2-6-16-14(10)24-12(11)15(20)21/h1-7H,(H,17,19)(H,20,21). The van der Waals surface area contributed by atoms with Crippen LogP contribution < -0.4 is 5.32 Å². The molecular weight excluding hydrogens is 318 g/mol. The van der Waals surface area contributed by atoms with Crippen LogP contribution in [0.4, 0.5) is 11.4 Å².